The molecule has 0 N–H and O–H groups in total. The average molecular weight is 344 g/mol. The predicted octanol–water partition coefficient (Wildman–Crippen LogP) is 2.41. The molecule has 2 aromatic rings. The third kappa shape index (κ3) is 1.82. The second-order valence-electron chi connectivity index (χ2n) is 3.75. The molecule has 3 heteroatoms. The number of halogens is 1. The van der Waals surface area contributed by atoms with Crippen LogP contribution in [0.4, 0.5) is 0 Å². The van der Waals surface area contributed by atoms with E-state index in [0.29, 0.717) is 0 Å². The van der Waals surface area contributed by atoms with Crippen LogP contribution in [0.15, 0.2) is 36.4 Å². The molecule has 0 fully saturated rings. The third-order valence-electron chi connectivity index (χ3n) is 2.44. The molecular weight excluding hydrogens is 335 g/mol. The number of benzene rings is 2. The summed E-state index contributed by atoms with van der Waals surface area (Å²) in [5.41, 5.74) is 1.29. The van der Waals surface area contributed by atoms with Crippen LogP contribution < -0.4 is 12.0 Å². The van der Waals surface area contributed by atoms with Gasteiger partial charge in [0.05, 0.1) is 0 Å². The Morgan fingerprint density at radius 1 is 1.00 bits per heavy atom. The van der Waals surface area contributed by atoms with Gasteiger partial charge in [-0.2, -0.15) is 0 Å². The first kappa shape index (κ1) is 10.5. The van der Waals surface area contributed by atoms with Crippen LogP contribution >= 0.6 is 11.6 Å². The van der Waals surface area contributed by atoms with Crippen LogP contribution in [-0.4, -0.2) is 20.9 Å². The molecule has 0 atom stereocenters. The van der Waals surface area contributed by atoms with E-state index in [0.717, 1.165) is 16.5 Å². The van der Waals surface area contributed by atoms with Gasteiger partial charge >= 0.3 is 110 Å². The van der Waals surface area contributed by atoms with Crippen molar-refractivity contribution in [2.45, 2.75) is 6.92 Å². The van der Waals surface area contributed by atoms with Crippen molar-refractivity contribution in [1.29, 1.82) is 0 Å². The topological polar surface area (TPSA) is 9.23 Å². The molecular formula is C13H9ClOTe. The fourth-order valence-corrected chi connectivity index (χ4v) is 5.14. The summed E-state index contributed by atoms with van der Waals surface area (Å²) < 4.78 is 8.51. The monoisotopic (exact) mass is 346 g/mol. The predicted molar refractivity (Wildman–Crippen MR) is 67.7 cm³/mol. The molecule has 0 amide bonds. The first-order valence-corrected chi connectivity index (χ1v) is 7.69. The van der Waals surface area contributed by atoms with Crippen molar-refractivity contribution >= 4 is 39.7 Å². The molecule has 1 nitrogen and oxygen atoms in total. The Labute approximate surface area is 109 Å². The Balaban J connectivity index is 2.10. The summed E-state index contributed by atoms with van der Waals surface area (Å²) in [7, 11) is 0. The first-order valence-electron chi connectivity index (χ1n) is 4.98. The third-order valence-corrected chi connectivity index (χ3v) is 5.76. The quantitative estimate of drug-likeness (QED) is 0.569. The van der Waals surface area contributed by atoms with E-state index in [1.165, 1.54) is 12.8 Å². The van der Waals surface area contributed by atoms with Gasteiger partial charge in [-0.25, -0.2) is 0 Å². The molecule has 0 bridgehead atoms. The van der Waals surface area contributed by atoms with Crippen molar-refractivity contribution in [3.63, 3.8) is 0 Å². The summed E-state index contributed by atoms with van der Waals surface area (Å²) in [5.74, 6) is 1.99. The average Bonchev–Trinajstić information content (AvgIpc) is 2.26. The van der Waals surface area contributed by atoms with E-state index in [2.05, 4.69) is 25.1 Å². The van der Waals surface area contributed by atoms with Crippen LogP contribution in [0.3, 0.4) is 0 Å². The van der Waals surface area contributed by atoms with Gasteiger partial charge in [-0.05, 0) is 0 Å². The van der Waals surface area contributed by atoms with E-state index in [-0.39, 0.29) is 20.9 Å². The standard InChI is InChI=1S/C13H9ClOTe/c1-8-2-4-10-12(6-8)16-13-7-9(14)3-5-11(13)15-10/h2-7H,1H3. The SMILES string of the molecule is Cc1ccc2c(c1)[Te]c1cc(Cl)ccc1O2. The summed E-state index contributed by atoms with van der Waals surface area (Å²) >= 11 is 5.64. The van der Waals surface area contributed by atoms with Gasteiger partial charge in [0.15, 0.2) is 0 Å². The van der Waals surface area contributed by atoms with Crippen LogP contribution in [0.2, 0.25) is 5.02 Å². The molecule has 0 unspecified atom stereocenters. The number of fused-ring (bicyclic) bond motifs is 2. The van der Waals surface area contributed by atoms with Gasteiger partial charge < -0.3 is 0 Å². The zero-order chi connectivity index (χ0) is 11.1. The molecule has 80 valence electrons. The van der Waals surface area contributed by atoms with E-state index in [4.69, 9.17) is 16.3 Å². The minimum atomic E-state index is -0.361. The van der Waals surface area contributed by atoms with Gasteiger partial charge in [0.25, 0.3) is 0 Å². The molecule has 16 heavy (non-hydrogen) atoms. The minimum absolute atomic E-state index is 0.361. The first-order chi connectivity index (χ1) is 7.72. The van der Waals surface area contributed by atoms with Gasteiger partial charge in [-0.1, -0.05) is 0 Å². The number of ether oxygens (including phenoxy) is 1. The molecule has 1 heterocycles. The number of rotatable bonds is 0. The molecule has 0 radical (unpaired) electrons. The number of hydrogen-bond acceptors (Lipinski definition) is 1. The summed E-state index contributed by atoms with van der Waals surface area (Å²) in [6.07, 6.45) is 0. The van der Waals surface area contributed by atoms with Gasteiger partial charge in [0.2, 0.25) is 0 Å². The van der Waals surface area contributed by atoms with Crippen molar-refractivity contribution < 1.29 is 4.74 Å². The summed E-state index contributed by atoms with van der Waals surface area (Å²) in [4.78, 5) is 0. The van der Waals surface area contributed by atoms with E-state index in [9.17, 15) is 0 Å². The second kappa shape index (κ2) is 3.96. The Kier molecular flexibility index (Phi) is 2.59. The van der Waals surface area contributed by atoms with Gasteiger partial charge in [0, 0.05) is 0 Å². The molecule has 0 spiro atoms. The molecule has 3 rings (SSSR count). The molecule has 1 aliphatic rings. The van der Waals surface area contributed by atoms with Crippen molar-refractivity contribution in [2.75, 3.05) is 0 Å². The number of hydrogen-bond donors (Lipinski definition) is 0. The second-order valence-corrected chi connectivity index (χ2v) is 7.28. The van der Waals surface area contributed by atoms with Crippen LogP contribution in [0.25, 0.3) is 0 Å². The molecule has 0 saturated heterocycles. The summed E-state index contributed by atoms with van der Waals surface area (Å²) in [6, 6.07) is 12.3. The van der Waals surface area contributed by atoms with Crippen LogP contribution in [-0.2, 0) is 0 Å². The van der Waals surface area contributed by atoms with Crippen LogP contribution in [0, 0.1) is 6.92 Å². The summed E-state index contributed by atoms with van der Waals surface area (Å²) in [5, 5.41) is 0.795. The van der Waals surface area contributed by atoms with E-state index < -0.39 is 0 Å². The van der Waals surface area contributed by atoms with Crippen molar-refractivity contribution in [1.82, 2.24) is 0 Å². The fourth-order valence-electron chi connectivity index (χ4n) is 1.66. The molecule has 0 saturated carbocycles. The fraction of sp³-hybridized carbons (Fsp3) is 0.0769. The van der Waals surface area contributed by atoms with E-state index in [1.54, 1.807) is 0 Å². The Morgan fingerprint density at radius 2 is 1.69 bits per heavy atom. The molecule has 0 aromatic heterocycles. The molecule has 2 aromatic carbocycles. The van der Waals surface area contributed by atoms with Crippen molar-refractivity contribution in [2.24, 2.45) is 0 Å². The normalized spacial score (nSPS) is 12.6. The Hall–Kier alpha value is -0.680. The van der Waals surface area contributed by atoms with Crippen LogP contribution in [0.1, 0.15) is 5.56 Å². The van der Waals surface area contributed by atoms with Gasteiger partial charge in [-0.3, -0.25) is 0 Å². The molecule has 1 aliphatic heterocycles. The Bertz CT molecular complexity index is 516. The molecule has 0 aliphatic carbocycles. The van der Waals surface area contributed by atoms with Gasteiger partial charge in [-0.15, -0.1) is 0 Å². The Morgan fingerprint density at radius 3 is 2.50 bits per heavy atom. The number of aryl methyl sites for hydroxylation is 1. The van der Waals surface area contributed by atoms with Crippen molar-refractivity contribution in [3.05, 3.63) is 47.0 Å². The van der Waals surface area contributed by atoms with E-state index in [1.807, 2.05) is 18.2 Å². The zero-order valence-corrected chi connectivity index (χ0v) is 11.7. The maximum atomic E-state index is 6.00. The zero-order valence-electron chi connectivity index (χ0n) is 8.66. The van der Waals surface area contributed by atoms with Crippen LogP contribution in [0.5, 0.6) is 11.5 Å². The maximum absolute atomic E-state index is 6.00. The summed E-state index contributed by atoms with van der Waals surface area (Å²) in [6.45, 7) is 2.11. The van der Waals surface area contributed by atoms with Gasteiger partial charge in [0.1, 0.15) is 0 Å². The van der Waals surface area contributed by atoms with Crippen molar-refractivity contribution in [3.8, 4) is 11.5 Å². The van der Waals surface area contributed by atoms with E-state index >= 15 is 0 Å².